The number of nitrogens with zero attached hydrogens (tertiary/aromatic N) is 2. The van der Waals surface area contributed by atoms with Crippen molar-refractivity contribution in [2.24, 2.45) is 5.92 Å². The maximum absolute atomic E-state index is 6.01. The summed E-state index contributed by atoms with van der Waals surface area (Å²) in [6.45, 7) is 22.0. The van der Waals surface area contributed by atoms with Gasteiger partial charge in [0.2, 0.25) is 0 Å². The third kappa shape index (κ3) is 8.79. The van der Waals surface area contributed by atoms with Gasteiger partial charge < -0.3 is 18.3 Å². The fourth-order valence-corrected chi connectivity index (χ4v) is 6.84. The molecule has 0 bridgehead atoms. The molecule has 6 heteroatoms. The van der Waals surface area contributed by atoms with E-state index in [9.17, 15) is 0 Å². The Balaban J connectivity index is 2.32. The van der Waals surface area contributed by atoms with Gasteiger partial charge in [-0.3, -0.25) is 0 Å². The number of rotatable bonds is 11. The van der Waals surface area contributed by atoms with Crippen LogP contribution in [0.3, 0.4) is 0 Å². The molecule has 0 spiro atoms. The van der Waals surface area contributed by atoms with Crippen molar-refractivity contribution in [3.63, 3.8) is 0 Å². The number of hydrogen-bond donors (Lipinski definition) is 0. The average molecular weight is 361 g/mol. The van der Waals surface area contributed by atoms with Crippen molar-refractivity contribution >= 4 is 17.5 Å². The molecule has 0 saturated carbocycles. The van der Waals surface area contributed by atoms with E-state index in [2.05, 4.69) is 49.9 Å². The summed E-state index contributed by atoms with van der Waals surface area (Å²) in [5.74, 6) is 0.679. The quantitative estimate of drug-likeness (QED) is 0.529. The van der Waals surface area contributed by atoms with Crippen molar-refractivity contribution < 1.29 is 8.85 Å². The van der Waals surface area contributed by atoms with Gasteiger partial charge in [0.15, 0.2) is 0 Å². The predicted octanol–water partition coefficient (Wildman–Crippen LogP) is 3.15. The van der Waals surface area contributed by atoms with Crippen LogP contribution in [-0.2, 0) is 8.85 Å². The highest BCUT2D eigenvalue weighted by Gasteiger charge is 2.28. The average Bonchev–Trinajstić information content (AvgIpc) is 2.49. The fraction of sp³-hybridized carbons (Fsp3) is 1.00. The zero-order valence-corrected chi connectivity index (χ0v) is 18.6. The zero-order valence-electron chi connectivity index (χ0n) is 16.4. The van der Waals surface area contributed by atoms with Crippen LogP contribution < -0.4 is 0 Å². The van der Waals surface area contributed by atoms with Gasteiger partial charge in [0.1, 0.15) is 8.24 Å². The molecule has 23 heavy (non-hydrogen) atoms. The summed E-state index contributed by atoms with van der Waals surface area (Å²) < 4.78 is 14.8. The van der Waals surface area contributed by atoms with Gasteiger partial charge >= 0.3 is 9.28 Å². The first kappa shape index (κ1) is 21.3. The van der Waals surface area contributed by atoms with E-state index in [0.29, 0.717) is 5.92 Å². The maximum Gasteiger partial charge on any atom is 0.321 e. The van der Waals surface area contributed by atoms with E-state index in [4.69, 9.17) is 8.85 Å². The van der Waals surface area contributed by atoms with Gasteiger partial charge in [0, 0.05) is 45.9 Å². The Kier molecular flexibility index (Phi) is 10.2. The highest BCUT2D eigenvalue weighted by molar-refractivity contribution is 6.73. The van der Waals surface area contributed by atoms with Gasteiger partial charge in [-0.05, 0) is 24.8 Å². The van der Waals surface area contributed by atoms with Crippen molar-refractivity contribution in [2.75, 3.05) is 45.9 Å². The molecule has 0 aliphatic carbocycles. The molecule has 138 valence electrons. The van der Waals surface area contributed by atoms with Gasteiger partial charge in [0.05, 0.1) is 0 Å². The Morgan fingerprint density at radius 2 is 1.48 bits per heavy atom. The third-order valence-corrected chi connectivity index (χ3v) is 9.25. The van der Waals surface area contributed by atoms with Crippen molar-refractivity contribution in [3.8, 4) is 0 Å². The Hall–Kier alpha value is 0.274. The highest BCUT2D eigenvalue weighted by Crippen LogP contribution is 2.16. The molecule has 0 aromatic carbocycles. The second kappa shape index (κ2) is 11.0. The predicted molar refractivity (Wildman–Crippen MR) is 105 cm³/mol. The summed E-state index contributed by atoms with van der Waals surface area (Å²) in [4.78, 5) is 2.65. The molecule has 1 fully saturated rings. The lowest BCUT2D eigenvalue weighted by atomic mass is 10.2. The molecule has 1 unspecified atom stereocenters. The fourth-order valence-electron chi connectivity index (χ4n) is 3.13. The minimum atomic E-state index is -1.47. The van der Waals surface area contributed by atoms with Crippen LogP contribution in [0.5, 0.6) is 0 Å². The van der Waals surface area contributed by atoms with E-state index in [0.717, 1.165) is 32.1 Å². The maximum atomic E-state index is 6.01. The van der Waals surface area contributed by atoms with Gasteiger partial charge in [-0.25, -0.2) is 0 Å². The highest BCUT2D eigenvalue weighted by atomic mass is 28.3. The second-order valence-corrected chi connectivity index (χ2v) is 14.9. The van der Waals surface area contributed by atoms with Gasteiger partial charge in [-0.2, -0.15) is 0 Å². The van der Waals surface area contributed by atoms with Crippen LogP contribution in [-0.4, -0.2) is 72.9 Å². The summed E-state index contributed by atoms with van der Waals surface area (Å²) in [6.07, 6.45) is 2.18. The molecule has 0 aromatic rings. The van der Waals surface area contributed by atoms with E-state index >= 15 is 0 Å². The Labute approximate surface area is 147 Å². The lowest BCUT2D eigenvalue weighted by molar-refractivity contribution is 0.158. The molecule has 1 aliphatic rings. The number of hydrogen-bond acceptors (Lipinski definition) is 4. The second-order valence-electron chi connectivity index (χ2n) is 7.97. The van der Waals surface area contributed by atoms with Gasteiger partial charge in [-0.15, -0.1) is 0 Å². The smallest absolute Gasteiger partial charge is 0.321 e. The van der Waals surface area contributed by atoms with Crippen LogP contribution in [0, 0.1) is 5.92 Å². The van der Waals surface area contributed by atoms with E-state index in [1.807, 2.05) is 0 Å². The first-order chi connectivity index (χ1) is 10.9. The van der Waals surface area contributed by atoms with Gasteiger partial charge in [0.25, 0.3) is 0 Å². The lowest BCUT2D eigenvalue weighted by Gasteiger charge is -2.42. The van der Waals surface area contributed by atoms with Crippen molar-refractivity contribution in [1.29, 1.82) is 0 Å². The van der Waals surface area contributed by atoms with Crippen molar-refractivity contribution in [1.82, 2.24) is 9.47 Å². The standard InChI is InChI=1S/C17H40N2O2Si2/c1-7-13-20-22(21-14-8-2)16-17(3)15-18-9-11-19(12-10-18)23(4,5)6/h17,22H,7-16H2,1-6H3. The van der Waals surface area contributed by atoms with Crippen LogP contribution in [0.25, 0.3) is 0 Å². The lowest BCUT2D eigenvalue weighted by Crippen LogP contribution is -2.56. The van der Waals surface area contributed by atoms with Crippen molar-refractivity contribution in [3.05, 3.63) is 0 Å². The SMILES string of the molecule is CCCO[SiH](CC(C)CN1CCN([Si](C)(C)C)CC1)OCCC. The largest absolute Gasteiger partial charge is 0.397 e. The van der Waals surface area contributed by atoms with Crippen LogP contribution in [0.2, 0.25) is 25.7 Å². The molecule has 0 amide bonds. The summed E-state index contributed by atoms with van der Waals surface area (Å²) in [7, 11) is -2.58. The molecule has 1 aliphatic heterocycles. The van der Waals surface area contributed by atoms with Crippen LogP contribution in [0.1, 0.15) is 33.6 Å². The molecule has 4 nitrogen and oxygen atoms in total. The molecule has 0 aromatic heterocycles. The van der Waals surface area contributed by atoms with E-state index in [1.54, 1.807) is 0 Å². The molecule has 1 saturated heterocycles. The van der Waals surface area contributed by atoms with E-state index in [-0.39, 0.29) is 0 Å². The number of piperazine rings is 1. The van der Waals surface area contributed by atoms with E-state index in [1.165, 1.54) is 32.7 Å². The van der Waals surface area contributed by atoms with Gasteiger partial charge in [-0.1, -0.05) is 40.4 Å². The Morgan fingerprint density at radius 1 is 0.957 bits per heavy atom. The molecular formula is C17H40N2O2Si2. The normalized spacial score (nSPS) is 19.4. The van der Waals surface area contributed by atoms with Crippen LogP contribution >= 0.6 is 0 Å². The molecule has 0 radical (unpaired) electrons. The van der Waals surface area contributed by atoms with E-state index < -0.39 is 17.5 Å². The topological polar surface area (TPSA) is 24.9 Å². The third-order valence-electron chi connectivity index (χ3n) is 4.50. The van der Waals surface area contributed by atoms with Crippen molar-refractivity contribution in [2.45, 2.75) is 59.3 Å². The summed E-state index contributed by atoms with van der Waals surface area (Å²) in [5, 5.41) is 0. The first-order valence-electron chi connectivity index (χ1n) is 9.57. The zero-order chi connectivity index (χ0) is 17.3. The molecule has 1 heterocycles. The minimum absolute atomic E-state index is 0.679. The monoisotopic (exact) mass is 360 g/mol. The molecule has 0 N–H and O–H groups in total. The Morgan fingerprint density at radius 3 is 1.91 bits per heavy atom. The molecule has 1 rings (SSSR count). The summed E-state index contributed by atoms with van der Waals surface area (Å²) in [6, 6.07) is 1.15. The van der Waals surface area contributed by atoms with Crippen LogP contribution in [0.15, 0.2) is 0 Å². The first-order valence-corrected chi connectivity index (χ1v) is 14.8. The molecular weight excluding hydrogens is 320 g/mol. The summed E-state index contributed by atoms with van der Waals surface area (Å²) >= 11 is 0. The minimum Gasteiger partial charge on any atom is -0.397 e. The Bertz CT molecular complexity index is 297. The molecule has 1 atom stereocenters. The van der Waals surface area contributed by atoms with Crippen LogP contribution in [0.4, 0.5) is 0 Å². The summed E-state index contributed by atoms with van der Waals surface area (Å²) in [5.41, 5.74) is 0.